The highest BCUT2D eigenvalue weighted by Crippen LogP contribution is 2.30. The van der Waals surface area contributed by atoms with Crippen molar-refractivity contribution in [2.45, 2.75) is 83.8 Å². The molecule has 2 aliphatic rings. The zero-order valence-corrected chi connectivity index (χ0v) is 32.0. The van der Waals surface area contributed by atoms with Crippen LogP contribution in [0.25, 0.3) is 22.5 Å². The van der Waals surface area contributed by atoms with Gasteiger partial charge in [-0.1, -0.05) is 30.3 Å². The monoisotopic (exact) mass is 767 g/mol. The number of rotatable bonds is 13. The number of aryl methyl sites for hydroxylation is 1. The third-order valence-electron chi connectivity index (χ3n) is 11.0. The topological polar surface area (TPSA) is 194 Å². The first-order valence-electron chi connectivity index (χ1n) is 19.3. The van der Waals surface area contributed by atoms with Crippen LogP contribution in [0.5, 0.6) is 0 Å². The number of halogens is 1. The van der Waals surface area contributed by atoms with Crippen LogP contribution < -0.4 is 21.3 Å². The molecule has 0 radical (unpaired) electrons. The number of aromatic nitrogens is 4. The summed E-state index contributed by atoms with van der Waals surface area (Å²) in [6, 6.07) is 17.3. The number of anilines is 1. The van der Waals surface area contributed by atoms with Crippen molar-refractivity contribution < 1.29 is 28.7 Å². The molecule has 1 saturated carbocycles. The van der Waals surface area contributed by atoms with Crippen LogP contribution in [0, 0.1) is 24.6 Å². The lowest BCUT2D eigenvalue weighted by Crippen LogP contribution is -2.48. The average molecular weight is 768 g/mol. The number of hydrogen-bond acceptors (Lipinski definition) is 8. The molecule has 3 aromatic carbocycles. The molecule has 2 fully saturated rings. The Hall–Kier alpha value is -5.70. The molecule has 14 nitrogen and oxygen atoms in total. The van der Waals surface area contributed by atoms with Crippen LogP contribution >= 0.6 is 0 Å². The molecule has 6 N–H and O–H groups in total. The zero-order chi connectivity index (χ0) is 39.8. The number of carbonyl (C=O) groups is 4. The Balaban J connectivity index is 1.12. The van der Waals surface area contributed by atoms with Crippen molar-refractivity contribution in [2.75, 3.05) is 25.0 Å². The quantitative estimate of drug-likeness (QED) is 0.104. The number of carboxylic acid groups (broad SMARTS) is 1. The third kappa shape index (κ3) is 10.3. The summed E-state index contributed by atoms with van der Waals surface area (Å²) in [6.45, 7) is 8.65. The third-order valence-corrected chi connectivity index (χ3v) is 11.0. The molecule has 1 saturated heterocycles. The summed E-state index contributed by atoms with van der Waals surface area (Å²) >= 11 is 0. The normalized spacial score (nSPS) is 18.2. The molecule has 4 aromatic rings. The second-order valence-electron chi connectivity index (χ2n) is 15.2. The van der Waals surface area contributed by atoms with Gasteiger partial charge in [-0.3, -0.25) is 14.4 Å². The minimum atomic E-state index is -1.07. The summed E-state index contributed by atoms with van der Waals surface area (Å²) < 4.78 is 15.0. The number of H-pyrrole nitrogens is 1. The first-order valence-corrected chi connectivity index (χ1v) is 19.3. The highest BCUT2D eigenvalue weighted by atomic mass is 19.1. The van der Waals surface area contributed by atoms with E-state index in [1.165, 1.54) is 12.1 Å². The molecule has 4 amide bonds. The Bertz CT molecular complexity index is 1990. The molecule has 1 atom stereocenters. The number of piperidine rings is 1. The summed E-state index contributed by atoms with van der Waals surface area (Å²) in [7, 11) is 0. The molecule has 15 heteroatoms. The van der Waals surface area contributed by atoms with E-state index < -0.39 is 23.9 Å². The van der Waals surface area contributed by atoms with Gasteiger partial charge in [0.1, 0.15) is 11.9 Å². The number of aromatic amines is 1. The molecular formula is C41H50FN9O5. The van der Waals surface area contributed by atoms with Crippen molar-refractivity contribution >= 4 is 29.5 Å². The molecule has 1 aromatic heterocycles. The standard InChI is InChI=1S/C41H50FN9O5/c1-24(2)51-18-16-31(17-19-51)44-39(53)30-12-14-33(25(3)20-30)28-8-4-26(5-9-28)21-36(46-38(52)29-10-6-27(7-11-29)23-43-41(55)56)40(54)45-32-13-15-34(35(42)22-32)37-47-49-50-48-37/h4-5,8-9,12-15,20,22,24,27,29,31,36,43H,6-7,10-11,16-19,21,23H2,1-3H3,(H,44,53)(H,45,54)(H,46,52)(H,55,56)(H,47,48,49,50)/t27?,29?,36-/m0/s1. The number of carbonyl (C=O) groups excluding carboxylic acids is 3. The minimum Gasteiger partial charge on any atom is -0.465 e. The van der Waals surface area contributed by atoms with Crippen LogP contribution in [0.3, 0.4) is 0 Å². The van der Waals surface area contributed by atoms with E-state index in [4.69, 9.17) is 5.11 Å². The lowest BCUT2D eigenvalue weighted by atomic mass is 9.81. The van der Waals surface area contributed by atoms with Crippen molar-refractivity contribution in [1.82, 2.24) is 41.5 Å². The van der Waals surface area contributed by atoms with Crippen molar-refractivity contribution in [3.63, 3.8) is 0 Å². The SMILES string of the molecule is Cc1cc(C(=O)NC2CCN(C(C)C)CC2)ccc1-c1ccc(C[C@H](NC(=O)C2CCC(CNC(=O)O)CC2)C(=O)Nc2ccc(-c3nn[nH]n3)c(F)c2)cc1. The number of tetrazole rings is 1. The maximum Gasteiger partial charge on any atom is 0.404 e. The van der Waals surface area contributed by atoms with E-state index in [1.807, 2.05) is 49.4 Å². The van der Waals surface area contributed by atoms with Crippen molar-refractivity contribution in [1.29, 1.82) is 0 Å². The van der Waals surface area contributed by atoms with Crippen molar-refractivity contribution in [3.8, 4) is 22.5 Å². The summed E-state index contributed by atoms with van der Waals surface area (Å²) in [5, 5.41) is 33.7. The van der Waals surface area contributed by atoms with E-state index in [1.54, 1.807) is 0 Å². The van der Waals surface area contributed by atoms with E-state index >= 15 is 0 Å². The zero-order valence-electron chi connectivity index (χ0n) is 32.0. The predicted octanol–water partition coefficient (Wildman–Crippen LogP) is 5.32. The fraction of sp³-hybridized carbons (Fsp3) is 0.439. The minimum absolute atomic E-state index is 0.0711. The molecule has 0 unspecified atom stereocenters. The number of hydrogen-bond donors (Lipinski definition) is 6. The van der Waals surface area contributed by atoms with Crippen LogP contribution in [0.1, 0.15) is 73.9 Å². The highest BCUT2D eigenvalue weighted by molar-refractivity contribution is 5.98. The Morgan fingerprint density at radius 1 is 0.929 bits per heavy atom. The summed E-state index contributed by atoms with van der Waals surface area (Å²) in [6.07, 6.45) is 3.48. The van der Waals surface area contributed by atoms with Gasteiger partial charge >= 0.3 is 6.09 Å². The van der Waals surface area contributed by atoms with Gasteiger partial charge in [-0.2, -0.15) is 5.21 Å². The molecule has 6 rings (SSSR count). The first kappa shape index (κ1) is 40.0. The lowest BCUT2D eigenvalue weighted by molar-refractivity contribution is -0.130. The Labute approximate surface area is 325 Å². The summed E-state index contributed by atoms with van der Waals surface area (Å²) in [5.74, 6) is -1.60. The largest absolute Gasteiger partial charge is 0.465 e. The molecule has 296 valence electrons. The first-order chi connectivity index (χ1) is 26.9. The second-order valence-corrected chi connectivity index (χ2v) is 15.2. The fourth-order valence-corrected chi connectivity index (χ4v) is 7.65. The number of nitrogens with zero attached hydrogens (tertiary/aromatic N) is 4. The number of likely N-dealkylation sites (tertiary alicyclic amines) is 1. The molecular weight excluding hydrogens is 718 g/mol. The van der Waals surface area contributed by atoms with E-state index in [9.17, 15) is 23.6 Å². The second kappa shape index (κ2) is 18.3. The Morgan fingerprint density at radius 2 is 1.64 bits per heavy atom. The summed E-state index contributed by atoms with van der Waals surface area (Å²) in [5.41, 5.74) is 4.60. The van der Waals surface area contributed by atoms with E-state index in [-0.39, 0.29) is 53.2 Å². The van der Waals surface area contributed by atoms with Crippen molar-refractivity contribution in [3.05, 3.63) is 83.2 Å². The van der Waals surface area contributed by atoms with Crippen LogP contribution in [0.4, 0.5) is 14.9 Å². The average Bonchev–Trinajstić information content (AvgIpc) is 3.72. The van der Waals surface area contributed by atoms with Crippen molar-refractivity contribution in [2.24, 2.45) is 11.8 Å². The molecule has 56 heavy (non-hydrogen) atoms. The molecule has 2 heterocycles. The van der Waals surface area contributed by atoms with Crippen LogP contribution in [-0.2, 0) is 16.0 Å². The predicted molar refractivity (Wildman–Crippen MR) is 209 cm³/mol. The number of amides is 4. The van der Waals surface area contributed by atoms with Gasteiger partial charge in [0.25, 0.3) is 5.91 Å². The van der Waals surface area contributed by atoms with Crippen LogP contribution in [0.15, 0.2) is 60.7 Å². The number of nitrogens with one attached hydrogen (secondary N) is 5. The van der Waals surface area contributed by atoms with Crippen LogP contribution in [0.2, 0.25) is 0 Å². The summed E-state index contributed by atoms with van der Waals surface area (Å²) in [4.78, 5) is 53.8. The van der Waals surface area contributed by atoms with Gasteiger partial charge in [0.2, 0.25) is 17.6 Å². The lowest BCUT2D eigenvalue weighted by Gasteiger charge is -2.34. The van der Waals surface area contributed by atoms with Gasteiger partial charge in [0, 0.05) is 55.3 Å². The maximum absolute atomic E-state index is 15.0. The molecule has 1 aliphatic carbocycles. The van der Waals surface area contributed by atoms with Gasteiger partial charge in [0.05, 0.1) is 5.56 Å². The van der Waals surface area contributed by atoms with E-state index in [0.717, 1.165) is 54.3 Å². The Morgan fingerprint density at radius 3 is 2.27 bits per heavy atom. The maximum atomic E-state index is 15.0. The number of benzene rings is 3. The fourth-order valence-electron chi connectivity index (χ4n) is 7.65. The van der Waals surface area contributed by atoms with Gasteiger partial charge in [-0.05, 0) is 123 Å². The molecule has 0 spiro atoms. The highest BCUT2D eigenvalue weighted by Gasteiger charge is 2.30. The van der Waals surface area contributed by atoms with Gasteiger partial charge < -0.3 is 31.3 Å². The molecule has 1 aliphatic heterocycles. The van der Waals surface area contributed by atoms with Gasteiger partial charge in [-0.25, -0.2) is 9.18 Å². The van der Waals surface area contributed by atoms with E-state index in [2.05, 4.69) is 60.6 Å². The van der Waals surface area contributed by atoms with Gasteiger partial charge in [0.15, 0.2) is 0 Å². The smallest absolute Gasteiger partial charge is 0.404 e. The van der Waals surface area contributed by atoms with Gasteiger partial charge in [-0.15, -0.1) is 10.2 Å². The van der Waals surface area contributed by atoms with E-state index in [0.29, 0.717) is 43.8 Å². The van der Waals surface area contributed by atoms with Crippen LogP contribution in [-0.4, -0.2) is 92.2 Å². The molecule has 0 bridgehead atoms. The Kier molecular flexibility index (Phi) is 13.1.